The van der Waals surface area contributed by atoms with Crippen LogP contribution < -0.4 is 4.90 Å². The number of phenols is 1. The zero-order valence-corrected chi connectivity index (χ0v) is 23.2. The van der Waals surface area contributed by atoms with Crippen molar-refractivity contribution in [3.63, 3.8) is 0 Å². The second-order valence-electron chi connectivity index (χ2n) is 10.6. The zero-order chi connectivity index (χ0) is 26.3. The van der Waals surface area contributed by atoms with E-state index >= 15 is 0 Å². The van der Waals surface area contributed by atoms with Crippen molar-refractivity contribution >= 4 is 39.5 Å². The van der Waals surface area contributed by atoms with Crippen LogP contribution in [-0.2, 0) is 14.3 Å². The quantitative estimate of drug-likeness (QED) is 0.293. The molecule has 2 aromatic carbocycles. The van der Waals surface area contributed by atoms with Gasteiger partial charge in [-0.15, -0.1) is 0 Å². The molecular formula is C31H34BrNO4. The molecule has 2 amide bonds. The van der Waals surface area contributed by atoms with Crippen LogP contribution in [0, 0.1) is 23.7 Å². The number of carbonyl (C=O) groups is 2. The molecule has 0 unspecified atom stereocenters. The Bertz CT molecular complexity index is 1270. The average molecular weight is 565 g/mol. The van der Waals surface area contributed by atoms with E-state index in [4.69, 9.17) is 4.74 Å². The zero-order valence-electron chi connectivity index (χ0n) is 21.6. The molecule has 2 fully saturated rings. The average Bonchev–Trinajstić information content (AvgIpc) is 3.42. The number of imide groups is 1. The molecule has 2 aliphatic heterocycles. The normalized spacial score (nSPS) is 25.8. The Morgan fingerprint density at radius 1 is 1.14 bits per heavy atom. The number of fused-ring (bicyclic) bond motifs is 3. The number of hydrogen-bond donors (Lipinski definition) is 1. The lowest BCUT2D eigenvalue weighted by atomic mass is 9.67. The van der Waals surface area contributed by atoms with E-state index < -0.39 is 0 Å². The van der Waals surface area contributed by atoms with Gasteiger partial charge in [-0.2, -0.15) is 0 Å². The van der Waals surface area contributed by atoms with E-state index in [1.165, 1.54) is 21.6 Å². The van der Waals surface area contributed by atoms with Crippen LogP contribution in [0.3, 0.4) is 0 Å². The minimum absolute atomic E-state index is 0.0468. The minimum atomic E-state index is -0.352. The number of hydrogen-bond acceptors (Lipinski definition) is 4. The fraction of sp³-hybridized carbons (Fsp3) is 0.419. The van der Waals surface area contributed by atoms with E-state index in [0.717, 1.165) is 29.3 Å². The van der Waals surface area contributed by atoms with Gasteiger partial charge in [0.2, 0.25) is 11.8 Å². The molecule has 0 aromatic heterocycles. The van der Waals surface area contributed by atoms with Crippen LogP contribution >= 0.6 is 15.9 Å². The summed E-state index contributed by atoms with van der Waals surface area (Å²) in [6.45, 7) is 6.97. The van der Waals surface area contributed by atoms with E-state index in [9.17, 15) is 14.7 Å². The molecule has 2 aromatic rings. The van der Waals surface area contributed by atoms with Crippen molar-refractivity contribution in [2.24, 2.45) is 23.7 Å². The molecule has 6 heteroatoms. The number of nitrogens with zero attached hydrogens (tertiary/aromatic N) is 1. The number of carbonyl (C=O) groups excluding carboxylic acids is 2. The maximum atomic E-state index is 13.6. The summed E-state index contributed by atoms with van der Waals surface area (Å²) in [6.07, 6.45) is 5.18. The number of rotatable bonds is 7. The molecule has 0 bridgehead atoms. The number of para-hydroxylation sites is 1. The summed E-state index contributed by atoms with van der Waals surface area (Å²) < 4.78 is 7.31. The highest BCUT2D eigenvalue weighted by Crippen LogP contribution is 2.52. The van der Waals surface area contributed by atoms with E-state index in [1.54, 1.807) is 6.07 Å². The Morgan fingerprint density at radius 2 is 1.89 bits per heavy atom. The Kier molecular flexibility index (Phi) is 7.42. The van der Waals surface area contributed by atoms with Crippen LogP contribution in [0.1, 0.15) is 52.0 Å². The Morgan fingerprint density at radius 3 is 2.59 bits per heavy atom. The molecule has 5 rings (SSSR count). The van der Waals surface area contributed by atoms with Gasteiger partial charge >= 0.3 is 0 Å². The maximum absolute atomic E-state index is 13.6. The Hall–Kier alpha value is -2.70. The first kappa shape index (κ1) is 25.9. The number of allylic oxidation sites excluding steroid dienone is 2. The largest absolute Gasteiger partial charge is 0.507 e. The summed E-state index contributed by atoms with van der Waals surface area (Å²) in [5, 5.41) is 10.3. The monoisotopic (exact) mass is 563 g/mol. The van der Waals surface area contributed by atoms with Crippen LogP contribution in [0.4, 0.5) is 5.69 Å². The number of phenolic OH excluding ortho intramolecular Hbond substituents is 1. The van der Waals surface area contributed by atoms with Crippen molar-refractivity contribution in [3.8, 4) is 5.75 Å². The molecule has 0 radical (unpaired) electrons. The van der Waals surface area contributed by atoms with Gasteiger partial charge in [0.1, 0.15) is 5.75 Å². The van der Waals surface area contributed by atoms with Gasteiger partial charge in [-0.05, 0) is 67.5 Å². The highest BCUT2D eigenvalue weighted by atomic mass is 79.9. The molecule has 37 heavy (non-hydrogen) atoms. The van der Waals surface area contributed by atoms with Crippen LogP contribution in [0.5, 0.6) is 5.75 Å². The van der Waals surface area contributed by atoms with Gasteiger partial charge in [-0.25, -0.2) is 0 Å². The number of benzene rings is 2. The van der Waals surface area contributed by atoms with Crippen LogP contribution in [0.15, 0.2) is 69.7 Å². The van der Waals surface area contributed by atoms with Gasteiger partial charge in [-0.1, -0.05) is 72.1 Å². The van der Waals surface area contributed by atoms with Crippen LogP contribution in [0.2, 0.25) is 0 Å². The summed E-state index contributed by atoms with van der Waals surface area (Å²) in [6, 6.07) is 14.7. The minimum Gasteiger partial charge on any atom is -0.507 e. The highest BCUT2D eigenvalue weighted by Gasteiger charge is 2.57. The SMILES string of the molecule is CC/C(=C\c1cc(Br)ccc1O)CC[C@H]1OC[C@H]2C1=C(C(C)C)C[C@H]1C(=O)N(c3ccccc3)C(=O)[C@H]12. The number of anilines is 1. The van der Waals surface area contributed by atoms with Gasteiger partial charge in [0.15, 0.2) is 0 Å². The number of ether oxygens (including phenoxy) is 1. The summed E-state index contributed by atoms with van der Waals surface area (Å²) >= 11 is 3.49. The summed E-state index contributed by atoms with van der Waals surface area (Å²) in [7, 11) is 0. The lowest BCUT2D eigenvalue weighted by molar-refractivity contribution is -0.122. The predicted molar refractivity (Wildman–Crippen MR) is 149 cm³/mol. The van der Waals surface area contributed by atoms with E-state index in [-0.39, 0.29) is 47.3 Å². The van der Waals surface area contributed by atoms with Gasteiger partial charge in [0.05, 0.1) is 30.2 Å². The molecule has 194 valence electrons. The molecule has 2 heterocycles. The topological polar surface area (TPSA) is 66.8 Å². The molecule has 3 aliphatic rings. The lowest BCUT2D eigenvalue weighted by Crippen LogP contribution is -2.35. The highest BCUT2D eigenvalue weighted by molar-refractivity contribution is 9.10. The van der Waals surface area contributed by atoms with Gasteiger partial charge in [0.25, 0.3) is 0 Å². The molecule has 0 saturated carbocycles. The fourth-order valence-corrected chi connectivity index (χ4v) is 6.70. The first-order valence-corrected chi connectivity index (χ1v) is 14.0. The first-order chi connectivity index (χ1) is 17.8. The number of aromatic hydroxyl groups is 1. The summed E-state index contributed by atoms with van der Waals surface area (Å²) in [4.78, 5) is 28.5. The molecule has 4 atom stereocenters. The van der Waals surface area contributed by atoms with Crippen molar-refractivity contribution in [2.45, 2.75) is 52.6 Å². The predicted octanol–water partition coefficient (Wildman–Crippen LogP) is 6.91. The van der Waals surface area contributed by atoms with Crippen molar-refractivity contribution in [3.05, 3.63) is 75.3 Å². The second kappa shape index (κ2) is 10.6. The van der Waals surface area contributed by atoms with Crippen LogP contribution in [-0.4, -0.2) is 29.6 Å². The Balaban J connectivity index is 1.40. The van der Waals surface area contributed by atoms with Crippen molar-refractivity contribution < 1.29 is 19.4 Å². The summed E-state index contributed by atoms with van der Waals surface area (Å²) in [5.74, 6) is -0.323. The third kappa shape index (κ3) is 4.82. The van der Waals surface area contributed by atoms with Crippen LogP contribution in [0.25, 0.3) is 6.08 Å². The lowest BCUT2D eigenvalue weighted by Gasteiger charge is -2.33. The first-order valence-electron chi connectivity index (χ1n) is 13.2. The second-order valence-corrected chi connectivity index (χ2v) is 11.6. The molecule has 1 N–H and O–H groups in total. The Labute approximate surface area is 227 Å². The molecular weight excluding hydrogens is 530 g/mol. The molecule has 2 saturated heterocycles. The number of halogens is 1. The van der Waals surface area contributed by atoms with E-state index in [0.29, 0.717) is 18.7 Å². The summed E-state index contributed by atoms with van der Waals surface area (Å²) in [5.41, 5.74) is 5.24. The van der Waals surface area contributed by atoms with Gasteiger partial charge in [0, 0.05) is 16.0 Å². The van der Waals surface area contributed by atoms with Gasteiger partial charge in [-0.3, -0.25) is 14.5 Å². The van der Waals surface area contributed by atoms with E-state index in [2.05, 4.69) is 42.8 Å². The standard InChI is InChI=1S/C31H34BrNO4/c1-4-19(14-20-15-21(32)11-12-26(20)34)10-13-27-28-23(18(2)3)16-24-29(25(28)17-37-27)31(36)33(30(24)35)22-8-6-5-7-9-22/h5-9,11-12,14-15,18,24-25,27,29,34H,4,10,13,16-17H2,1-3H3/b19-14+/t24-,25+,27-,29-/m1/s1. The number of amides is 2. The molecule has 1 aliphatic carbocycles. The molecule has 5 nitrogen and oxygen atoms in total. The third-order valence-electron chi connectivity index (χ3n) is 8.19. The van der Waals surface area contributed by atoms with E-state index in [1.807, 2.05) is 42.5 Å². The fourth-order valence-electron chi connectivity index (χ4n) is 6.32. The van der Waals surface area contributed by atoms with Gasteiger partial charge < -0.3 is 9.84 Å². The maximum Gasteiger partial charge on any atom is 0.238 e. The van der Waals surface area contributed by atoms with Crippen molar-refractivity contribution in [1.29, 1.82) is 0 Å². The van der Waals surface area contributed by atoms with Crippen molar-refractivity contribution in [2.75, 3.05) is 11.5 Å². The van der Waals surface area contributed by atoms with Crippen molar-refractivity contribution in [1.82, 2.24) is 0 Å². The third-order valence-corrected chi connectivity index (χ3v) is 8.68. The molecule has 0 spiro atoms. The smallest absolute Gasteiger partial charge is 0.238 e.